The summed E-state index contributed by atoms with van der Waals surface area (Å²) in [4.78, 5) is 16.4. The quantitative estimate of drug-likeness (QED) is 0.558. The van der Waals surface area contributed by atoms with Gasteiger partial charge in [0.05, 0.1) is 11.4 Å². The first-order valence-corrected chi connectivity index (χ1v) is 10.8. The van der Waals surface area contributed by atoms with Gasteiger partial charge in [0.1, 0.15) is 12.4 Å². The number of nitrogens with zero attached hydrogens (tertiary/aromatic N) is 4. The Morgan fingerprint density at radius 3 is 2.79 bits per heavy atom. The summed E-state index contributed by atoms with van der Waals surface area (Å²) in [5.74, 6) is 1.71. The number of amides is 1. The highest BCUT2D eigenvalue weighted by Gasteiger charge is 2.14. The molecule has 0 atom stereocenters. The number of anilines is 1. The van der Waals surface area contributed by atoms with Crippen molar-refractivity contribution in [2.24, 2.45) is 0 Å². The van der Waals surface area contributed by atoms with Crippen LogP contribution in [0.25, 0.3) is 0 Å². The number of rotatable bonds is 8. The number of aryl methyl sites for hydroxylation is 3. The number of thiazole rings is 1. The van der Waals surface area contributed by atoms with Gasteiger partial charge in [-0.15, -0.1) is 21.5 Å². The molecule has 0 saturated carbocycles. The highest BCUT2D eigenvalue weighted by molar-refractivity contribution is 7.99. The van der Waals surface area contributed by atoms with Crippen LogP contribution in [0.15, 0.2) is 28.7 Å². The Morgan fingerprint density at radius 2 is 2.11 bits per heavy atom. The van der Waals surface area contributed by atoms with E-state index in [0.717, 1.165) is 22.8 Å². The first-order chi connectivity index (χ1) is 13.5. The predicted molar refractivity (Wildman–Crippen MR) is 112 cm³/mol. The fraction of sp³-hybridized carbons (Fsp3) is 0.368. The normalized spacial score (nSPS) is 10.9. The van der Waals surface area contributed by atoms with E-state index in [1.54, 1.807) is 0 Å². The molecule has 0 aliphatic heterocycles. The van der Waals surface area contributed by atoms with Crippen molar-refractivity contribution in [1.29, 1.82) is 0 Å². The van der Waals surface area contributed by atoms with Crippen molar-refractivity contribution in [3.8, 4) is 5.75 Å². The smallest absolute Gasteiger partial charge is 0.236 e. The van der Waals surface area contributed by atoms with E-state index >= 15 is 0 Å². The van der Waals surface area contributed by atoms with Gasteiger partial charge in [0.15, 0.2) is 16.1 Å². The summed E-state index contributed by atoms with van der Waals surface area (Å²) in [5, 5.41) is 14.5. The molecule has 0 bridgehead atoms. The molecule has 1 amide bonds. The molecule has 148 valence electrons. The molecule has 3 aromatic rings. The van der Waals surface area contributed by atoms with E-state index in [9.17, 15) is 4.79 Å². The van der Waals surface area contributed by atoms with Gasteiger partial charge in [-0.2, -0.15) is 0 Å². The number of aromatic nitrogens is 4. The van der Waals surface area contributed by atoms with Gasteiger partial charge in [0.2, 0.25) is 5.91 Å². The molecule has 0 saturated heterocycles. The number of benzene rings is 1. The van der Waals surface area contributed by atoms with E-state index < -0.39 is 0 Å². The third-order valence-corrected chi connectivity index (χ3v) is 5.84. The zero-order valence-corrected chi connectivity index (χ0v) is 18.0. The molecule has 0 fully saturated rings. The van der Waals surface area contributed by atoms with Gasteiger partial charge < -0.3 is 14.6 Å². The Bertz CT molecular complexity index is 967. The number of carbonyl (C=O) groups excluding carboxylic acids is 1. The van der Waals surface area contributed by atoms with Crippen molar-refractivity contribution in [3.05, 3.63) is 46.2 Å². The minimum Gasteiger partial charge on any atom is -0.485 e. The third-order valence-electron chi connectivity index (χ3n) is 3.99. The molecule has 1 N–H and O–H groups in total. The number of carbonyl (C=O) groups is 1. The minimum absolute atomic E-state index is 0.113. The summed E-state index contributed by atoms with van der Waals surface area (Å²) in [5.41, 5.74) is 3.19. The Hall–Kier alpha value is -2.39. The predicted octanol–water partition coefficient (Wildman–Crippen LogP) is 3.99. The number of hydrogen-bond acceptors (Lipinski definition) is 7. The van der Waals surface area contributed by atoms with E-state index in [2.05, 4.69) is 33.5 Å². The number of nitrogens with one attached hydrogen (secondary N) is 1. The summed E-state index contributed by atoms with van der Waals surface area (Å²) < 4.78 is 7.89. The van der Waals surface area contributed by atoms with Crippen molar-refractivity contribution in [2.75, 3.05) is 11.1 Å². The summed E-state index contributed by atoms with van der Waals surface area (Å²) >= 11 is 2.77. The number of thioether (sulfide) groups is 1. The van der Waals surface area contributed by atoms with E-state index in [1.165, 1.54) is 28.7 Å². The van der Waals surface area contributed by atoms with Crippen molar-refractivity contribution >= 4 is 34.1 Å². The van der Waals surface area contributed by atoms with Crippen molar-refractivity contribution in [2.45, 2.75) is 46.0 Å². The molecule has 3 rings (SSSR count). The topological polar surface area (TPSA) is 81.9 Å². The minimum atomic E-state index is -0.113. The molecular formula is C19H23N5O2S2. The fourth-order valence-corrected chi connectivity index (χ4v) is 4.18. The Labute approximate surface area is 172 Å². The molecular weight excluding hydrogens is 394 g/mol. The van der Waals surface area contributed by atoms with E-state index in [4.69, 9.17) is 4.74 Å². The first-order valence-electron chi connectivity index (χ1n) is 8.93. The van der Waals surface area contributed by atoms with Crippen LogP contribution >= 0.6 is 23.1 Å². The molecule has 0 unspecified atom stereocenters. The van der Waals surface area contributed by atoms with Crippen LogP contribution in [-0.4, -0.2) is 31.4 Å². The Kier molecular flexibility index (Phi) is 6.69. The molecule has 0 aliphatic rings. The number of ether oxygens (including phenoxy) is 1. The second-order valence-corrected chi connectivity index (χ2v) is 8.13. The van der Waals surface area contributed by atoms with Crippen molar-refractivity contribution < 1.29 is 9.53 Å². The maximum atomic E-state index is 12.1. The average Bonchev–Trinajstić information content (AvgIpc) is 3.24. The van der Waals surface area contributed by atoms with Gasteiger partial charge in [0.25, 0.3) is 0 Å². The molecule has 0 aliphatic carbocycles. The number of hydrogen-bond donors (Lipinski definition) is 1. The monoisotopic (exact) mass is 417 g/mol. The van der Waals surface area contributed by atoms with Crippen LogP contribution in [0.4, 0.5) is 5.13 Å². The van der Waals surface area contributed by atoms with Gasteiger partial charge >= 0.3 is 0 Å². The highest BCUT2D eigenvalue weighted by Crippen LogP contribution is 2.22. The second kappa shape index (κ2) is 9.20. The summed E-state index contributed by atoms with van der Waals surface area (Å²) in [7, 11) is 0. The lowest BCUT2D eigenvalue weighted by Crippen LogP contribution is -2.14. The van der Waals surface area contributed by atoms with Gasteiger partial charge in [-0.05, 0) is 39.3 Å². The zero-order valence-electron chi connectivity index (χ0n) is 16.4. The van der Waals surface area contributed by atoms with Crippen LogP contribution in [0.5, 0.6) is 5.75 Å². The van der Waals surface area contributed by atoms with Crippen molar-refractivity contribution in [1.82, 2.24) is 19.7 Å². The lowest BCUT2D eigenvalue weighted by Gasteiger charge is -2.11. The van der Waals surface area contributed by atoms with E-state index in [1.807, 2.05) is 42.9 Å². The van der Waals surface area contributed by atoms with Gasteiger partial charge in [0, 0.05) is 11.9 Å². The maximum absolute atomic E-state index is 12.1. The molecule has 0 radical (unpaired) electrons. The van der Waals surface area contributed by atoms with Crippen LogP contribution in [0.3, 0.4) is 0 Å². The largest absolute Gasteiger partial charge is 0.485 e. The van der Waals surface area contributed by atoms with Gasteiger partial charge in [-0.25, -0.2) is 4.98 Å². The Morgan fingerprint density at radius 1 is 1.29 bits per heavy atom. The average molecular weight is 418 g/mol. The highest BCUT2D eigenvalue weighted by atomic mass is 32.2. The fourth-order valence-electron chi connectivity index (χ4n) is 2.65. The lowest BCUT2D eigenvalue weighted by atomic mass is 10.1. The zero-order chi connectivity index (χ0) is 20.1. The van der Waals surface area contributed by atoms with Crippen LogP contribution in [0.2, 0.25) is 0 Å². The van der Waals surface area contributed by atoms with Gasteiger partial charge in [-0.3, -0.25) is 4.79 Å². The maximum Gasteiger partial charge on any atom is 0.236 e. The summed E-state index contributed by atoms with van der Waals surface area (Å²) in [6.45, 7) is 9.03. The van der Waals surface area contributed by atoms with Crippen molar-refractivity contribution in [3.63, 3.8) is 0 Å². The van der Waals surface area contributed by atoms with Crippen LogP contribution in [0.1, 0.15) is 29.6 Å². The molecule has 9 heteroatoms. The van der Waals surface area contributed by atoms with E-state index in [0.29, 0.717) is 23.4 Å². The molecule has 1 aromatic carbocycles. The standard InChI is InChI=1S/C19H23N5O2S2/c1-5-24-16(9-26-15-7-6-12(2)8-13(15)3)22-23-19(24)28-11-17(25)21-18-20-14(4)10-27-18/h6-8,10H,5,9,11H2,1-4H3,(H,20,21,25). The molecule has 2 heterocycles. The summed E-state index contributed by atoms with van der Waals surface area (Å²) in [6, 6.07) is 6.08. The van der Waals surface area contributed by atoms with Crippen LogP contribution in [-0.2, 0) is 17.9 Å². The van der Waals surface area contributed by atoms with Crippen LogP contribution < -0.4 is 10.1 Å². The van der Waals surface area contributed by atoms with Crippen LogP contribution in [0, 0.1) is 20.8 Å². The third kappa shape index (κ3) is 5.11. The first kappa shape index (κ1) is 20.3. The van der Waals surface area contributed by atoms with E-state index in [-0.39, 0.29) is 11.7 Å². The van der Waals surface area contributed by atoms with Gasteiger partial charge in [-0.1, -0.05) is 29.5 Å². The molecule has 0 spiro atoms. The lowest BCUT2D eigenvalue weighted by molar-refractivity contribution is -0.113. The summed E-state index contributed by atoms with van der Waals surface area (Å²) in [6.07, 6.45) is 0. The SMILES string of the molecule is CCn1c(COc2ccc(C)cc2C)nnc1SCC(=O)Nc1nc(C)cs1. The molecule has 7 nitrogen and oxygen atoms in total. The second-order valence-electron chi connectivity index (χ2n) is 6.33. The Balaban J connectivity index is 1.59. The molecule has 2 aromatic heterocycles. The molecule has 28 heavy (non-hydrogen) atoms.